The lowest BCUT2D eigenvalue weighted by atomic mass is 9.77. The summed E-state index contributed by atoms with van der Waals surface area (Å²) < 4.78 is 0. The predicted molar refractivity (Wildman–Crippen MR) is 72.0 cm³/mol. The first kappa shape index (κ1) is 13.4. The Balaban J connectivity index is 1.97. The highest BCUT2D eigenvalue weighted by atomic mass is 16.3. The number of hydrogen-bond acceptors (Lipinski definition) is 2. The summed E-state index contributed by atoms with van der Waals surface area (Å²) >= 11 is 0. The minimum absolute atomic E-state index is 0.0897. The Bertz CT molecular complexity index is 211. The SMILES string of the molecule is CC1CC(C)C(N2CCCCCCC2)C(O)C1. The van der Waals surface area contributed by atoms with E-state index < -0.39 is 0 Å². The van der Waals surface area contributed by atoms with E-state index in [0.717, 1.165) is 6.42 Å². The second-order valence-electron chi connectivity index (χ2n) is 6.42. The molecule has 2 rings (SSSR count). The highest BCUT2D eigenvalue weighted by molar-refractivity contribution is 4.90. The fourth-order valence-electron chi connectivity index (χ4n) is 3.97. The van der Waals surface area contributed by atoms with E-state index in [1.54, 1.807) is 0 Å². The van der Waals surface area contributed by atoms with Gasteiger partial charge in [0.15, 0.2) is 0 Å². The van der Waals surface area contributed by atoms with E-state index in [1.807, 2.05) is 0 Å². The summed E-state index contributed by atoms with van der Waals surface area (Å²) in [4.78, 5) is 2.60. The Labute approximate surface area is 106 Å². The maximum absolute atomic E-state index is 10.4. The minimum atomic E-state index is -0.0897. The van der Waals surface area contributed by atoms with Crippen molar-refractivity contribution in [2.75, 3.05) is 13.1 Å². The average Bonchev–Trinajstić information content (AvgIpc) is 2.19. The van der Waals surface area contributed by atoms with Crippen LogP contribution >= 0.6 is 0 Å². The van der Waals surface area contributed by atoms with Crippen molar-refractivity contribution in [1.82, 2.24) is 4.90 Å². The topological polar surface area (TPSA) is 23.5 Å². The highest BCUT2D eigenvalue weighted by Gasteiger charge is 2.36. The van der Waals surface area contributed by atoms with Gasteiger partial charge in [0.05, 0.1) is 6.10 Å². The fourth-order valence-corrected chi connectivity index (χ4v) is 3.97. The summed E-state index contributed by atoms with van der Waals surface area (Å²) in [5.74, 6) is 1.36. The number of aliphatic hydroxyl groups excluding tert-OH is 1. The number of nitrogens with zero attached hydrogens (tertiary/aromatic N) is 1. The van der Waals surface area contributed by atoms with E-state index in [-0.39, 0.29) is 6.10 Å². The van der Waals surface area contributed by atoms with Crippen molar-refractivity contribution < 1.29 is 5.11 Å². The zero-order valence-corrected chi connectivity index (χ0v) is 11.6. The molecule has 1 saturated heterocycles. The lowest BCUT2D eigenvalue weighted by Gasteiger charge is -2.44. The summed E-state index contributed by atoms with van der Waals surface area (Å²) in [5.41, 5.74) is 0. The van der Waals surface area contributed by atoms with Crippen molar-refractivity contribution >= 4 is 0 Å². The molecule has 100 valence electrons. The van der Waals surface area contributed by atoms with E-state index >= 15 is 0 Å². The number of rotatable bonds is 1. The van der Waals surface area contributed by atoms with Crippen molar-refractivity contribution in [2.24, 2.45) is 11.8 Å². The van der Waals surface area contributed by atoms with Gasteiger partial charge < -0.3 is 5.11 Å². The molecule has 2 nitrogen and oxygen atoms in total. The third-order valence-corrected chi connectivity index (χ3v) is 4.71. The van der Waals surface area contributed by atoms with Crippen molar-refractivity contribution in [3.63, 3.8) is 0 Å². The van der Waals surface area contributed by atoms with E-state index in [0.29, 0.717) is 17.9 Å². The van der Waals surface area contributed by atoms with Crippen LogP contribution < -0.4 is 0 Å². The number of likely N-dealkylation sites (tertiary alicyclic amines) is 1. The largest absolute Gasteiger partial charge is 0.391 e. The van der Waals surface area contributed by atoms with Gasteiger partial charge in [-0.2, -0.15) is 0 Å². The number of aliphatic hydroxyl groups is 1. The van der Waals surface area contributed by atoms with Crippen molar-refractivity contribution in [3.05, 3.63) is 0 Å². The van der Waals surface area contributed by atoms with Gasteiger partial charge in [0.2, 0.25) is 0 Å². The molecular weight excluding hydrogens is 210 g/mol. The first-order chi connectivity index (χ1) is 8.18. The van der Waals surface area contributed by atoms with Crippen LogP contribution in [0.2, 0.25) is 0 Å². The van der Waals surface area contributed by atoms with Crippen molar-refractivity contribution in [3.8, 4) is 0 Å². The van der Waals surface area contributed by atoms with Gasteiger partial charge in [-0.3, -0.25) is 4.90 Å². The Hall–Kier alpha value is -0.0800. The third kappa shape index (κ3) is 3.45. The van der Waals surface area contributed by atoms with Crippen LogP contribution in [0.25, 0.3) is 0 Å². The molecule has 2 heteroatoms. The molecule has 1 aliphatic heterocycles. The Morgan fingerprint density at radius 1 is 0.882 bits per heavy atom. The molecular formula is C15H29NO. The molecule has 4 atom stereocenters. The van der Waals surface area contributed by atoms with Crippen LogP contribution in [0.15, 0.2) is 0 Å². The van der Waals surface area contributed by atoms with Gasteiger partial charge in [-0.1, -0.05) is 33.1 Å². The Kier molecular flexibility index (Phi) is 4.87. The normalized spacial score (nSPS) is 41.8. The van der Waals surface area contributed by atoms with Crippen LogP contribution in [-0.4, -0.2) is 35.2 Å². The maximum atomic E-state index is 10.4. The molecule has 17 heavy (non-hydrogen) atoms. The second-order valence-corrected chi connectivity index (χ2v) is 6.42. The summed E-state index contributed by atoms with van der Waals surface area (Å²) in [5, 5.41) is 10.4. The molecule has 0 aromatic heterocycles. The zero-order valence-electron chi connectivity index (χ0n) is 11.6. The molecule has 4 unspecified atom stereocenters. The summed E-state index contributed by atoms with van der Waals surface area (Å²) in [6.45, 7) is 7.03. The van der Waals surface area contributed by atoms with Crippen molar-refractivity contribution in [1.29, 1.82) is 0 Å². The summed E-state index contributed by atoms with van der Waals surface area (Å²) in [7, 11) is 0. The van der Waals surface area contributed by atoms with E-state index in [4.69, 9.17) is 0 Å². The zero-order chi connectivity index (χ0) is 12.3. The summed E-state index contributed by atoms with van der Waals surface area (Å²) in [6, 6.07) is 0.435. The minimum Gasteiger partial charge on any atom is -0.391 e. The molecule has 0 aromatic carbocycles. The van der Waals surface area contributed by atoms with Crippen LogP contribution in [0.3, 0.4) is 0 Å². The molecule has 1 N–H and O–H groups in total. The Morgan fingerprint density at radius 3 is 2.06 bits per heavy atom. The molecule has 1 aliphatic carbocycles. The molecule has 1 saturated carbocycles. The molecule has 1 heterocycles. The van der Waals surface area contributed by atoms with Gasteiger partial charge in [-0.15, -0.1) is 0 Å². The smallest absolute Gasteiger partial charge is 0.0700 e. The van der Waals surface area contributed by atoms with E-state index in [2.05, 4.69) is 18.7 Å². The first-order valence-corrected chi connectivity index (χ1v) is 7.60. The average molecular weight is 239 g/mol. The van der Waals surface area contributed by atoms with Crippen LogP contribution in [-0.2, 0) is 0 Å². The molecule has 0 spiro atoms. The lowest BCUT2D eigenvalue weighted by molar-refractivity contribution is -0.0269. The summed E-state index contributed by atoms with van der Waals surface area (Å²) in [6.07, 6.45) is 9.02. The third-order valence-electron chi connectivity index (χ3n) is 4.71. The van der Waals surface area contributed by atoms with Gasteiger partial charge in [-0.25, -0.2) is 0 Å². The number of hydrogen-bond donors (Lipinski definition) is 1. The molecule has 0 bridgehead atoms. The standard InChI is InChI=1S/C15H29NO/c1-12-10-13(2)15(14(17)11-12)16-8-6-4-3-5-7-9-16/h12-15,17H,3-11H2,1-2H3. The lowest BCUT2D eigenvalue weighted by Crippen LogP contribution is -2.52. The van der Waals surface area contributed by atoms with Crippen LogP contribution in [0.5, 0.6) is 0 Å². The van der Waals surface area contributed by atoms with Crippen LogP contribution in [0.1, 0.15) is 58.8 Å². The van der Waals surface area contributed by atoms with Crippen LogP contribution in [0.4, 0.5) is 0 Å². The molecule has 2 fully saturated rings. The van der Waals surface area contributed by atoms with Gasteiger partial charge in [0, 0.05) is 6.04 Å². The highest BCUT2D eigenvalue weighted by Crippen LogP contribution is 2.33. The van der Waals surface area contributed by atoms with Gasteiger partial charge in [0.25, 0.3) is 0 Å². The predicted octanol–water partition coefficient (Wildman–Crippen LogP) is 3.05. The molecule has 2 aliphatic rings. The van der Waals surface area contributed by atoms with E-state index in [1.165, 1.54) is 51.6 Å². The van der Waals surface area contributed by atoms with Crippen molar-refractivity contribution in [2.45, 2.75) is 70.9 Å². The maximum Gasteiger partial charge on any atom is 0.0700 e. The Morgan fingerprint density at radius 2 is 1.47 bits per heavy atom. The van der Waals surface area contributed by atoms with Gasteiger partial charge >= 0.3 is 0 Å². The van der Waals surface area contributed by atoms with Crippen LogP contribution in [0, 0.1) is 11.8 Å². The monoisotopic (exact) mass is 239 g/mol. The molecule has 0 aromatic rings. The molecule has 0 radical (unpaired) electrons. The van der Waals surface area contributed by atoms with Gasteiger partial charge in [-0.05, 0) is 50.6 Å². The molecule has 0 amide bonds. The second kappa shape index (κ2) is 6.19. The quantitative estimate of drug-likeness (QED) is 0.760. The fraction of sp³-hybridized carbons (Fsp3) is 1.00. The first-order valence-electron chi connectivity index (χ1n) is 7.60. The van der Waals surface area contributed by atoms with Gasteiger partial charge in [0.1, 0.15) is 0 Å². The van der Waals surface area contributed by atoms with E-state index in [9.17, 15) is 5.11 Å².